The summed E-state index contributed by atoms with van der Waals surface area (Å²) < 4.78 is 35.5. The van der Waals surface area contributed by atoms with Crippen LogP contribution in [0.25, 0.3) is 0 Å². The van der Waals surface area contributed by atoms with Gasteiger partial charge in [-0.25, -0.2) is 0 Å². The van der Waals surface area contributed by atoms with E-state index in [4.69, 9.17) is 0 Å². The van der Waals surface area contributed by atoms with Crippen LogP contribution in [0.4, 0.5) is 13.2 Å². The second-order valence-electron chi connectivity index (χ2n) is 4.29. The first kappa shape index (κ1) is 15.1. The SMILES string of the molecule is FC(F)(F)CCCNCCSC1CCNCC1. The molecular weight excluding hydrogens is 249 g/mol. The number of halogens is 3. The molecule has 0 aromatic rings. The molecule has 1 saturated heterocycles. The molecule has 0 aromatic carbocycles. The van der Waals surface area contributed by atoms with Crippen molar-refractivity contribution < 1.29 is 13.2 Å². The number of alkyl halides is 3. The smallest absolute Gasteiger partial charge is 0.317 e. The fourth-order valence-electron chi connectivity index (χ4n) is 1.80. The molecule has 102 valence electrons. The second-order valence-corrected chi connectivity index (χ2v) is 5.70. The monoisotopic (exact) mass is 270 g/mol. The van der Waals surface area contributed by atoms with Gasteiger partial charge in [-0.3, -0.25) is 0 Å². The third-order valence-electron chi connectivity index (χ3n) is 2.73. The van der Waals surface area contributed by atoms with Crippen molar-refractivity contribution in [1.29, 1.82) is 0 Å². The number of hydrogen-bond donors (Lipinski definition) is 2. The molecule has 0 aliphatic carbocycles. The van der Waals surface area contributed by atoms with E-state index in [1.54, 1.807) is 0 Å². The second kappa shape index (κ2) is 8.21. The van der Waals surface area contributed by atoms with Crippen molar-refractivity contribution in [3.63, 3.8) is 0 Å². The van der Waals surface area contributed by atoms with Gasteiger partial charge >= 0.3 is 6.18 Å². The largest absolute Gasteiger partial charge is 0.389 e. The van der Waals surface area contributed by atoms with Gasteiger partial charge in [0.15, 0.2) is 0 Å². The highest BCUT2D eigenvalue weighted by molar-refractivity contribution is 7.99. The molecule has 2 nitrogen and oxygen atoms in total. The zero-order valence-electron chi connectivity index (χ0n) is 9.98. The summed E-state index contributed by atoms with van der Waals surface area (Å²) in [5, 5.41) is 7.10. The third kappa shape index (κ3) is 8.74. The fraction of sp³-hybridized carbons (Fsp3) is 1.00. The van der Waals surface area contributed by atoms with Crippen LogP contribution in [0, 0.1) is 0 Å². The first-order chi connectivity index (χ1) is 8.08. The molecule has 6 heteroatoms. The lowest BCUT2D eigenvalue weighted by atomic mass is 10.2. The lowest BCUT2D eigenvalue weighted by Crippen LogP contribution is -2.30. The van der Waals surface area contributed by atoms with Crippen LogP contribution < -0.4 is 10.6 Å². The molecule has 0 spiro atoms. The molecule has 0 unspecified atom stereocenters. The molecule has 0 aromatic heterocycles. The van der Waals surface area contributed by atoms with E-state index in [2.05, 4.69) is 10.6 Å². The van der Waals surface area contributed by atoms with Crippen molar-refractivity contribution in [1.82, 2.24) is 10.6 Å². The van der Waals surface area contributed by atoms with Gasteiger partial charge in [-0.2, -0.15) is 24.9 Å². The van der Waals surface area contributed by atoms with E-state index >= 15 is 0 Å². The number of piperidine rings is 1. The first-order valence-corrected chi connectivity index (χ1v) is 7.22. The van der Waals surface area contributed by atoms with Gasteiger partial charge in [0.1, 0.15) is 0 Å². The van der Waals surface area contributed by atoms with Crippen LogP contribution in [0.15, 0.2) is 0 Å². The molecule has 0 amide bonds. The first-order valence-electron chi connectivity index (χ1n) is 6.18. The Labute approximate surface area is 105 Å². The Kier molecular flexibility index (Phi) is 7.30. The van der Waals surface area contributed by atoms with Gasteiger partial charge in [-0.1, -0.05) is 0 Å². The highest BCUT2D eigenvalue weighted by atomic mass is 32.2. The Bertz CT molecular complexity index is 194. The van der Waals surface area contributed by atoms with Crippen LogP contribution in [0.3, 0.4) is 0 Å². The highest BCUT2D eigenvalue weighted by Gasteiger charge is 2.25. The maximum absolute atomic E-state index is 11.8. The molecule has 1 aliphatic rings. The lowest BCUT2D eigenvalue weighted by Gasteiger charge is -2.22. The minimum Gasteiger partial charge on any atom is -0.317 e. The molecule has 0 radical (unpaired) electrons. The summed E-state index contributed by atoms with van der Waals surface area (Å²) in [5.41, 5.74) is 0. The number of rotatable bonds is 7. The van der Waals surface area contributed by atoms with E-state index in [9.17, 15) is 13.2 Å². The molecule has 0 saturated carbocycles. The topological polar surface area (TPSA) is 24.1 Å². The minimum absolute atomic E-state index is 0.182. The maximum Gasteiger partial charge on any atom is 0.389 e. The van der Waals surface area contributed by atoms with Gasteiger partial charge in [-0.15, -0.1) is 0 Å². The van der Waals surface area contributed by atoms with Crippen molar-refractivity contribution in [3.05, 3.63) is 0 Å². The zero-order chi connectivity index (χ0) is 12.6. The summed E-state index contributed by atoms with van der Waals surface area (Å²) in [6.07, 6.45) is -2.09. The van der Waals surface area contributed by atoms with Crippen LogP contribution in [0.2, 0.25) is 0 Å². The zero-order valence-corrected chi connectivity index (χ0v) is 10.8. The average Bonchev–Trinajstić information content (AvgIpc) is 2.28. The van der Waals surface area contributed by atoms with Gasteiger partial charge in [0.25, 0.3) is 0 Å². The van der Waals surface area contributed by atoms with E-state index in [1.807, 2.05) is 11.8 Å². The quantitative estimate of drug-likeness (QED) is 0.695. The van der Waals surface area contributed by atoms with E-state index in [0.717, 1.165) is 30.6 Å². The van der Waals surface area contributed by atoms with Crippen molar-refractivity contribution in [2.75, 3.05) is 31.9 Å². The third-order valence-corrected chi connectivity index (χ3v) is 4.12. The van der Waals surface area contributed by atoms with Gasteiger partial charge in [0.05, 0.1) is 0 Å². The summed E-state index contributed by atoms with van der Waals surface area (Å²) in [6.45, 7) is 3.46. The Hall–Kier alpha value is 0.0600. The molecule has 2 N–H and O–H groups in total. The van der Waals surface area contributed by atoms with E-state index in [-0.39, 0.29) is 6.42 Å². The normalized spacial score (nSPS) is 18.5. The van der Waals surface area contributed by atoms with Crippen molar-refractivity contribution in [3.8, 4) is 0 Å². The standard InChI is InChI=1S/C11H21F3N2S/c12-11(13,14)4-1-5-15-8-9-17-10-2-6-16-7-3-10/h10,15-16H,1-9H2. The number of hydrogen-bond acceptors (Lipinski definition) is 3. The van der Waals surface area contributed by atoms with Crippen LogP contribution in [0.1, 0.15) is 25.7 Å². The van der Waals surface area contributed by atoms with Crippen LogP contribution in [0.5, 0.6) is 0 Å². The molecule has 1 aliphatic heterocycles. The Morgan fingerprint density at radius 3 is 2.53 bits per heavy atom. The molecule has 0 bridgehead atoms. The molecule has 1 heterocycles. The summed E-state index contributed by atoms with van der Waals surface area (Å²) >= 11 is 1.94. The van der Waals surface area contributed by atoms with Crippen molar-refractivity contribution >= 4 is 11.8 Å². The average molecular weight is 270 g/mol. The molecule has 0 atom stereocenters. The Morgan fingerprint density at radius 2 is 1.88 bits per heavy atom. The summed E-state index contributed by atoms with van der Waals surface area (Å²) in [5.74, 6) is 0.997. The minimum atomic E-state index is -4.01. The summed E-state index contributed by atoms with van der Waals surface area (Å²) in [7, 11) is 0. The highest BCUT2D eigenvalue weighted by Crippen LogP contribution is 2.21. The molecule has 17 heavy (non-hydrogen) atoms. The Balaban J connectivity index is 1.84. The Morgan fingerprint density at radius 1 is 1.18 bits per heavy atom. The van der Waals surface area contributed by atoms with E-state index in [1.165, 1.54) is 12.8 Å². The van der Waals surface area contributed by atoms with Gasteiger partial charge in [-0.05, 0) is 38.9 Å². The van der Waals surface area contributed by atoms with Gasteiger partial charge in [0, 0.05) is 24.0 Å². The van der Waals surface area contributed by atoms with Gasteiger partial charge in [0.2, 0.25) is 0 Å². The predicted molar refractivity (Wildman–Crippen MR) is 66.5 cm³/mol. The van der Waals surface area contributed by atoms with Crippen LogP contribution in [-0.4, -0.2) is 43.4 Å². The van der Waals surface area contributed by atoms with Crippen molar-refractivity contribution in [2.24, 2.45) is 0 Å². The molecular formula is C11H21F3N2S. The van der Waals surface area contributed by atoms with Crippen molar-refractivity contribution in [2.45, 2.75) is 37.1 Å². The van der Waals surface area contributed by atoms with Crippen LogP contribution >= 0.6 is 11.8 Å². The van der Waals surface area contributed by atoms with Crippen LogP contribution in [-0.2, 0) is 0 Å². The predicted octanol–water partition coefficient (Wildman–Crippen LogP) is 2.40. The molecule has 1 rings (SSSR count). The van der Waals surface area contributed by atoms with Gasteiger partial charge < -0.3 is 10.6 Å². The number of thioether (sulfide) groups is 1. The maximum atomic E-state index is 11.8. The number of nitrogens with one attached hydrogen (secondary N) is 2. The summed E-state index contributed by atoms with van der Waals surface area (Å²) in [6, 6.07) is 0. The lowest BCUT2D eigenvalue weighted by molar-refractivity contribution is -0.135. The molecule has 1 fully saturated rings. The van der Waals surface area contributed by atoms with E-state index < -0.39 is 12.6 Å². The van der Waals surface area contributed by atoms with E-state index in [0.29, 0.717) is 6.54 Å². The summed E-state index contributed by atoms with van der Waals surface area (Å²) in [4.78, 5) is 0. The fourth-order valence-corrected chi connectivity index (χ4v) is 2.96.